The Morgan fingerprint density at radius 1 is 1.17 bits per heavy atom. The summed E-state index contributed by atoms with van der Waals surface area (Å²) in [5.74, 6) is 0.480. The van der Waals surface area contributed by atoms with Gasteiger partial charge in [0.15, 0.2) is 6.10 Å². The van der Waals surface area contributed by atoms with Crippen molar-refractivity contribution in [1.29, 1.82) is 0 Å². The van der Waals surface area contributed by atoms with Crippen LogP contribution in [0.4, 0.5) is 5.69 Å². The number of benzene rings is 1. The van der Waals surface area contributed by atoms with E-state index in [1.165, 1.54) is 0 Å². The van der Waals surface area contributed by atoms with E-state index in [4.69, 9.17) is 4.74 Å². The minimum atomic E-state index is -1.28. The molecule has 5 atom stereocenters. The highest BCUT2D eigenvalue weighted by molar-refractivity contribution is 5.97. The number of amides is 1. The number of carbonyl (C=O) groups is 1. The van der Waals surface area contributed by atoms with E-state index in [9.17, 15) is 25.2 Å². The van der Waals surface area contributed by atoms with Gasteiger partial charge in [-0.15, -0.1) is 0 Å². The van der Waals surface area contributed by atoms with Crippen LogP contribution in [0.5, 0.6) is 5.75 Å². The summed E-state index contributed by atoms with van der Waals surface area (Å²) in [6.45, 7) is 2.28. The number of aliphatic hydroxyl groups is 4. The number of fused-ring (bicyclic) bond motifs is 1. The maximum atomic E-state index is 12.4. The van der Waals surface area contributed by atoms with E-state index in [0.717, 1.165) is 31.2 Å². The molecule has 8 nitrogen and oxygen atoms in total. The number of likely N-dealkylation sites (tertiary alicyclic amines) is 1. The maximum absolute atomic E-state index is 12.4. The van der Waals surface area contributed by atoms with E-state index in [0.29, 0.717) is 24.4 Å². The number of nitrogens with zero attached hydrogens (tertiary/aromatic N) is 1. The quantitative estimate of drug-likeness (QED) is 0.400. The van der Waals surface area contributed by atoms with Gasteiger partial charge in [0.25, 0.3) is 5.91 Å². The van der Waals surface area contributed by atoms with Crippen molar-refractivity contribution < 1.29 is 30.0 Å². The molecule has 2 aliphatic rings. The molecule has 1 saturated heterocycles. The summed E-state index contributed by atoms with van der Waals surface area (Å²) in [5, 5.41) is 42.4. The van der Waals surface area contributed by atoms with E-state index >= 15 is 0 Å². The maximum Gasteiger partial charge on any atom is 0.265 e. The first-order valence-corrected chi connectivity index (χ1v) is 10.4. The van der Waals surface area contributed by atoms with Crippen molar-refractivity contribution in [1.82, 2.24) is 4.90 Å². The van der Waals surface area contributed by atoms with Crippen LogP contribution in [-0.4, -0.2) is 74.8 Å². The molecule has 0 aromatic heterocycles. The summed E-state index contributed by atoms with van der Waals surface area (Å²) in [4.78, 5) is 14.1. The minimum Gasteiger partial charge on any atom is -0.478 e. The summed E-state index contributed by atoms with van der Waals surface area (Å²) >= 11 is 0. The van der Waals surface area contributed by atoms with E-state index in [1.807, 2.05) is 12.1 Å². The number of unbranched alkanes of at least 4 members (excludes halogenated alkanes) is 3. The van der Waals surface area contributed by atoms with Gasteiger partial charge in [0.1, 0.15) is 18.0 Å². The Hall–Kier alpha value is -1.71. The second-order valence-corrected chi connectivity index (χ2v) is 8.00. The predicted molar refractivity (Wildman–Crippen MR) is 108 cm³/mol. The SMILES string of the molecule is CCCCCCC1Oc2ccc(CN3C[C@H](O)[C@@H](O)[C@H](O)[C@@H]3CO)cc2NC1=O. The van der Waals surface area contributed by atoms with Gasteiger partial charge in [-0.1, -0.05) is 32.3 Å². The zero-order valence-corrected chi connectivity index (χ0v) is 16.8. The van der Waals surface area contributed by atoms with Gasteiger partial charge >= 0.3 is 0 Å². The molecular weight excluding hydrogens is 376 g/mol. The molecule has 3 rings (SSSR count). The highest BCUT2D eigenvalue weighted by Crippen LogP contribution is 2.33. The Labute approximate surface area is 171 Å². The third-order valence-electron chi connectivity index (χ3n) is 5.79. The molecule has 0 radical (unpaired) electrons. The smallest absolute Gasteiger partial charge is 0.265 e. The molecule has 1 amide bonds. The van der Waals surface area contributed by atoms with Gasteiger partial charge in [0.2, 0.25) is 0 Å². The first kappa shape index (κ1) is 22.0. The van der Waals surface area contributed by atoms with Crippen LogP contribution in [-0.2, 0) is 11.3 Å². The van der Waals surface area contributed by atoms with E-state index < -0.39 is 30.5 Å². The number of piperidine rings is 1. The lowest BCUT2D eigenvalue weighted by molar-refractivity contribution is -0.147. The molecule has 1 aromatic carbocycles. The van der Waals surface area contributed by atoms with Crippen molar-refractivity contribution in [2.24, 2.45) is 0 Å². The van der Waals surface area contributed by atoms with Crippen LogP contribution in [0.2, 0.25) is 0 Å². The van der Waals surface area contributed by atoms with Crippen molar-refractivity contribution in [3.63, 3.8) is 0 Å². The fourth-order valence-electron chi connectivity index (χ4n) is 4.04. The Balaban J connectivity index is 1.65. The number of β-amino-alcohol motifs (C(OH)–C–C–N with tert-alkyl or cyclic N) is 1. The molecule has 0 aliphatic carbocycles. The molecule has 2 heterocycles. The lowest BCUT2D eigenvalue weighted by Crippen LogP contribution is -2.62. The highest BCUT2D eigenvalue weighted by atomic mass is 16.5. The Bertz CT molecular complexity index is 700. The van der Waals surface area contributed by atoms with Gasteiger partial charge < -0.3 is 30.5 Å². The molecule has 0 saturated carbocycles. The predicted octanol–water partition coefficient (Wildman–Crippen LogP) is 0.616. The molecule has 8 heteroatoms. The van der Waals surface area contributed by atoms with Gasteiger partial charge in [0, 0.05) is 13.1 Å². The molecule has 1 aromatic rings. The number of aliphatic hydroxyl groups excluding tert-OH is 4. The third-order valence-corrected chi connectivity index (χ3v) is 5.79. The first-order valence-electron chi connectivity index (χ1n) is 10.4. The number of nitrogens with one attached hydrogen (secondary N) is 1. The van der Waals surface area contributed by atoms with Crippen LogP contribution >= 0.6 is 0 Å². The van der Waals surface area contributed by atoms with Gasteiger partial charge in [0.05, 0.1) is 24.4 Å². The standard InChI is InChI=1S/C21H32N2O6/c1-2-3-4-5-6-18-21(28)22-14-9-13(7-8-17(14)29-18)10-23-11-16(25)20(27)19(26)15(23)12-24/h7-9,15-16,18-20,24-27H,2-6,10-12H2,1H3,(H,22,28)/t15-,16-,18?,19+,20+/m0/s1. The summed E-state index contributed by atoms with van der Waals surface area (Å²) < 4.78 is 5.88. The van der Waals surface area contributed by atoms with Gasteiger partial charge in [-0.3, -0.25) is 9.69 Å². The lowest BCUT2D eigenvalue weighted by atomic mass is 9.93. The Kier molecular flexibility index (Phi) is 7.48. The van der Waals surface area contributed by atoms with Crippen LogP contribution < -0.4 is 10.1 Å². The molecule has 0 bridgehead atoms. The lowest BCUT2D eigenvalue weighted by Gasteiger charge is -2.43. The molecule has 29 heavy (non-hydrogen) atoms. The van der Waals surface area contributed by atoms with Gasteiger partial charge in [-0.05, 0) is 30.5 Å². The van der Waals surface area contributed by atoms with Crippen molar-refractivity contribution in [3.05, 3.63) is 23.8 Å². The largest absolute Gasteiger partial charge is 0.478 e. The minimum absolute atomic E-state index is 0.128. The molecule has 0 spiro atoms. The number of rotatable bonds is 8. The fourth-order valence-corrected chi connectivity index (χ4v) is 4.04. The Morgan fingerprint density at radius 2 is 1.97 bits per heavy atom. The molecule has 1 fully saturated rings. The molecule has 1 unspecified atom stereocenters. The number of ether oxygens (including phenoxy) is 1. The topological polar surface area (TPSA) is 122 Å². The van der Waals surface area contributed by atoms with Crippen LogP contribution in [0.1, 0.15) is 44.6 Å². The van der Waals surface area contributed by atoms with Crippen molar-refractivity contribution in [2.75, 3.05) is 18.5 Å². The van der Waals surface area contributed by atoms with E-state index in [1.54, 1.807) is 11.0 Å². The normalized spacial score (nSPS) is 29.8. The van der Waals surface area contributed by atoms with Crippen LogP contribution in [0.25, 0.3) is 0 Å². The monoisotopic (exact) mass is 408 g/mol. The number of hydrogen-bond donors (Lipinski definition) is 5. The average molecular weight is 408 g/mol. The number of anilines is 1. The van der Waals surface area contributed by atoms with E-state index in [-0.39, 0.29) is 19.1 Å². The van der Waals surface area contributed by atoms with Gasteiger partial charge in [-0.2, -0.15) is 0 Å². The summed E-state index contributed by atoms with van der Waals surface area (Å²) in [7, 11) is 0. The Morgan fingerprint density at radius 3 is 2.69 bits per heavy atom. The average Bonchev–Trinajstić information content (AvgIpc) is 2.70. The fraction of sp³-hybridized carbons (Fsp3) is 0.667. The zero-order chi connectivity index (χ0) is 21.0. The number of hydrogen-bond acceptors (Lipinski definition) is 7. The van der Waals surface area contributed by atoms with Gasteiger partial charge in [-0.25, -0.2) is 0 Å². The summed E-state index contributed by atoms with van der Waals surface area (Å²) in [6, 6.07) is 4.80. The van der Waals surface area contributed by atoms with E-state index in [2.05, 4.69) is 12.2 Å². The number of carbonyl (C=O) groups excluding carboxylic acids is 1. The van der Waals surface area contributed by atoms with Crippen LogP contribution in [0, 0.1) is 0 Å². The summed E-state index contributed by atoms with van der Waals surface area (Å²) in [5.41, 5.74) is 1.43. The first-order chi connectivity index (χ1) is 13.9. The third kappa shape index (κ3) is 5.07. The van der Waals surface area contributed by atoms with Crippen molar-refractivity contribution in [2.45, 2.75) is 76.0 Å². The molecule has 5 N–H and O–H groups in total. The molecular formula is C21H32N2O6. The highest BCUT2D eigenvalue weighted by Gasteiger charge is 2.41. The second kappa shape index (κ2) is 9.86. The second-order valence-electron chi connectivity index (χ2n) is 8.00. The van der Waals surface area contributed by atoms with Crippen LogP contribution in [0.15, 0.2) is 18.2 Å². The van der Waals surface area contributed by atoms with Crippen molar-refractivity contribution in [3.8, 4) is 5.75 Å². The van der Waals surface area contributed by atoms with Crippen molar-refractivity contribution >= 4 is 11.6 Å². The molecule has 2 aliphatic heterocycles. The summed E-state index contributed by atoms with van der Waals surface area (Å²) in [6.07, 6.45) is 0.935. The zero-order valence-electron chi connectivity index (χ0n) is 16.8. The molecule has 162 valence electrons. The van der Waals surface area contributed by atoms with Crippen LogP contribution in [0.3, 0.4) is 0 Å².